The molecule has 13 heteroatoms. The molecule has 1 atom stereocenters. The monoisotopic (exact) mass is 620 g/mol. The number of rotatable bonds is 9. The number of amides is 2. The minimum atomic E-state index is -3.04. The number of pyridine rings is 2. The third kappa shape index (κ3) is 6.62. The van der Waals surface area contributed by atoms with Crippen molar-refractivity contribution in [3.63, 3.8) is 0 Å². The Morgan fingerprint density at radius 2 is 1.91 bits per heavy atom. The number of nitriles is 1. The number of hydrogen-bond acceptors (Lipinski definition) is 7. The zero-order valence-electron chi connectivity index (χ0n) is 24.5. The fourth-order valence-corrected chi connectivity index (χ4v) is 5.72. The van der Waals surface area contributed by atoms with Gasteiger partial charge in [0.2, 0.25) is 0 Å². The van der Waals surface area contributed by atoms with E-state index in [1.165, 1.54) is 22.8 Å². The van der Waals surface area contributed by atoms with Gasteiger partial charge in [-0.3, -0.25) is 14.4 Å². The van der Waals surface area contributed by atoms with Gasteiger partial charge in [-0.15, -0.1) is 0 Å². The maximum Gasteiger partial charge on any atom is 0.282 e. The summed E-state index contributed by atoms with van der Waals surface area (Å²) < 4.78 is 49.7. The van der Waals surface area contributed by atoms with Crippen molar-refractivity contribution >= 4 is 17.6 Å². The van der Waals surface area contributed by atoms with E-state index in [1.807, 2.05) is 0 Å². The molecule has 0 bridgehead atoms. The smallest absolute Gasteiger partial charge is 0.282 e. The lowest BCUT2D eigenvalue weighted by Crippen LogP contribution is -2.58. The summed E-state index contributed by atoms with van der Waals surface area (Å²) in [5.74, 6) is -5.42. The predicted molar refractivity (Wildman–Crippen MR) is 157 cm³/mol. The van der Waals surface area contributed by atoms with E-state index in [0.29, 0.717) is 24.3 Å². The second-order valence-electron chi connectivity index (χ2n) is 11.8. The highest BCUT2D eigenvalue weighted by molar-refractivity contribution is 6.05. The van der Waals surface area contributed by atoms with Gasteiger partial charge >= 0.3 is 0 Å². The molecule has 10 nitrogen and oxygen atoms in total. The van der Waals surface area contributed by atoms with Crippen molar-refractivity contribution in [2.75, 3.05) is 31.6 Å². The van der Waals surface area contributed by atoms with Crippen LogP contribution < -0.4 is 16.2 Å². The summed E-state index contributed by atoms with van der Waals surface area (Å²) in [6.07, 6.45) is 5.39. The summed E-state index contributed by atoms with van der Waals surface area (Å²) in [6.45, 7) is 0.160. The molecule has 1 saturated carbocycles. The SMILES string of the molecule is Cn1cc(CNC[C@@H]2CCCO2)cc(C(=O)Nc2cc(-c3c(F)cc(C#N)cc3C(=O)N3CC(F)(F)C3)cc(C3CC3)n2)c1=O. The van der Waals surface area contributed by atoms with Crippen LogP contribution in [0.2, 0.25) is 0 Å². The van der Waals surface area contributed by atoms with Crippen LogP contribution in [0.15, 0.2) is 41.3 Å². The Morgan fingerprint density at radius 1 is 1.13 bits per heavy atom. The first-order valence-corrected chi connectivity index (χ1v) is 14.8. The zero-order chi connectivity index (χ0) is 31.9. The Morgan fingerprint density at radius 3 is 2.58 bits per heavy atom. The van der Waals surface area contributed by atoms with Crippen molar-refractivity contribution in [3.05, 3.63) is 80.6 Å². The molecule has 4 heterocycles. The van der Waals surface area contributed by atoms with E-state index in [9.17, 15) is 28.4 Å². The zero-order valence-corrected chi connectivity index (χ0v) is 24.5. The summed E-state index contributed by atoms with van der Waals surface area (Å²) in [5.41, 5.74) is 0.214. The fraction of sp³-hybridized carbons (Fsp3) is 0.406. The number of aryl methyl sites for hydroxylation is 1. The summed E-state index contributed by atoms with van der Waals surface area (Å²) >= 11 is 0. The summed E-state index contributed by atoms with van der Waals surface area (Å²) in [5, 5.41) is 15.4. The van der Waals surface area contributed by atoms with Gasteiger partial charge in [-0.1, -0.05) is 0 Å². The minimum Gasteiger partial charge on any atom is -0.377 e. The molecule has 1 aliphatic carbocycles. The number of halogens is 3. The molecule has 0 radical (unpaired) electrons. The van der Waals surface area contributed by atoms with E-state index >= 15 is 4.39 Å². The standard InChI is InChI=1S/C32H31F3N6O4/c1-40-15-19(13-37-14-22-3-2-6-45-22)8-24(30(40)43)29(42)39-27-11-21(10-26(38-27)20-4-5-20)28-23(7-18(12-36)9-25(28)33)31(44)41-16-32(34,35)17-41/h7-11,15,20,22,37H,2-6,13-14,16-17H2,1H3,(H,38,39,42)/t22-/m0/s1. The van der Waals surface area contributed by atoms with Crippen molar-refractivity contribution < 1.29 is 27.5 Å². The highest BCUT2D eigenvalue weighted by Gasteiger charge is 2.47. The van der Waals surface area contributed by atoms with Crippen molar-refractivity contribution in [3.8, 4) is 17.2 Å². The topological polar surface area (TPSA) is 129 Å². The number of aromatic nitrogens is 2. The highest BCUT2D eigenvalue weighted by Crippen LogP contribution is 2.42. The molecule has 45 heavy (non-hydrogen) atoms. The van der Waals surface area contributed by atoms with E-state index in [0.717, 1.165) is 43.3 Å². The Labute approximate surface area is 256 Å². The molecule has 6 rings (SSSR count). The van der Waals surface area contributed by atoms with Crippen molar-refractivity contribution in [1.29, 1.82) is 5.26 Å². The number of carbonyl (C=O) groups is 2. The van der Waals surface area contributed by atoms with Gasteiger partial charge in [0.1, 0.15) is 17.2 Å². The normalized spacial score (nSPS) is 18.7. The molecule has 2 aromatic heterocycles. The van der Waals surface area contributed by atoms with Crippen molar-refractivity contribution in [2.24, 2.45) is 7.05 Å². The summed E-state index contributed by atoms with van der Waals surface area (Å²) in [6, 6.07) is 8.41. The average molecular weight is 621 g/mol. The van der Waals surface area contributed by atoms with E-state index < -0.39 is 42.2 Å². The van der Waals surface area contributed by atoms with Crippen LogP contribution in [0.5, 0.6) is 0 Å². The van der Waals surface area contributed by atoms with Gasteiger partial charge in [-0.05, 0) is 67.1 Å². The highest BCUT2D eigenvalue weighted by atomic mass is 19.3. The van der Waals surface area contributed by atoms with Crippen molar-refractivity contribution in [1.82, 2.24) is 19.8 Å². The number of likely N-dealkylation sites (tertiary alicyclic amines) is 1. The number of nitrogens with one attached hydrogen (secondary N) is 2. The molecule has 234 valence electrons. The lowest BCUT2D eigenvalue weighted by Gasteiger charge is -2.39. The minimum absolute atomic E-state index is 0.0287. The molecule has 3 fully saturated rings. The Kier molecular flexibility index (Phi) is 8.20. The van der Waals surface area contributed by atoms with Crippen LogP contribution >= 0.6 is 0 Å². The predicted octanol–water partition coefficient (Wildman–Crippen LogP) is 3.95. The first-order chi connectivity index (χ1) is 21.5. The molecular weight excluding hydrogens is 589 g/mol. The Balaban J connectivity index is 1.31. The van der Waals surface area contributed by atoms with Crippen LogP contribution in [0.4, 0.5) is 19.0 Å². The number of carbonyl (C=O) groups excluding carboxylic acids is 2. The molecule has 0 unspecified atom stereocenters. The summed E-state index contributed by atoms with van der Waals surface area (Å²) in [4.78, 5) is 45.1. The molecule has 0 spiro atoms. The molecule has 3 aliphatic rings. The first kappa shape index (κ1) is 30.5. The van der Waals surface area contributed by atoms with Crippen LogP contribution in [-0.2, 0) is 18.3 Å². The maximum atomic E-state index is 15.6. The van der Waals surface area contributed by atoms with E-state index in [4.69, 9.17) is 4.74 Å². The molecule has 2 N–H and O–H groups in total. The van der Waals surface area contributed by atoms with Gasteiger partial charge in [-0.25, -0.2) is 18.2 Å². The van der Waals surface area contributed by atoms with Crippen LogP contribution in [0.3, 0.4) is 0 Å². The number of ether oxygens (including phenoxy) is 1. The van der Waals surface area contributed by atoms with E-state index in [1.54, 1.807) is 25.4 Å². The molecule has 3 aromatic rings. The first-order valence-electron chi connectivity index (χ1n) is 14.8. The largest absolute Gasteiger partial charge is 0.377 e. The van der Waals surface area contributed by atoms with Crippen molar-refractivity contribution in [2.45, 2.75) is 50.2 Å². The number of benzene rings is 1. The average Bonchev–Trinajstić information content (AvgIpc) is 3.72. The molecule has 1 aromatic carbocycles. The number of hydrogen-bond donors (Lipinski definition) is 2. The van der Waals surface area contributed by atoms with E-state index in [2.05, 4.69) is 15.6 Å². The second-order valence-corrected chi connectivity index (χ2v) is 11.8. The van der Waals surface area contributed by atoms with Gasteiger partial charge < -0.3 is 24.8 Å². The van der Waals surface area contributed by atoms with Gasteiger partial charge in [0.25, 0.3) is 23.3 Å². The maximum absolute atomic E-state index is 15.6. The van der Waals surface area contributed by atoms with Crippen LogP contribution in [0.1, 0.15) is 69.1 Å². The van der Waals surface area contributed by atoms with E-state index in [-0.39, 0.29) is 45.7 Å². The van der Waals surface area contributed by atoms with Crippen LogP contribution in [0, 0.1) is 17.1 Å². The second kappa shape index (κ2) is 12.1. The van der Waals surface area contributed by atoms with Crippen LogP contribution in [0.25, 0.3) is 11.1 Å². The Bertz CT molecular complexity index is 1770. The lowest BCUT2D eigenvalue weighted by molar-refractivity contribution is -0.113. The number of nitrogens with zero attached hydrogens (tertiary/aromatic N) is 4. The lowest BCUT2D eigenvalue weighted by atomic mass is 9.94. The molecule has 2 aliphatic heterocycles. The summed E-state index contributed by atoms with van der Waals surface area (Å²) in [7, 11) is 1.55. The molecular formula is C32H31F3N6O4. The quantitative estimate of drug-likeness (QED) is 0.371. The molecule has 2 amide bonds. The van der Waals surface area contributed by atoms with Crippen LogP contribution in [-0.4, -0.2) is 64.5 Å². The van der Waals surface area contributed by atoms with Gasteiger partial charge in [-0.2, -0.15) is 5.26 Å². The number of anilines is 1. The third-order valence-corrected chi connectivity index (χ3v) is 8.16. The fourth-order valence-electron chi connectivity index (χ4n) is 5.72. The van der Waals surface area contributed by atoms with Gasteiger partial charge in [0.05, 0.1) is 36.4 Å². The Hall–Kier alpha value is -4.54. The van der Waals surface area contributed by atoms with Gasteiger partial charge in [0, 0.05) is 50.1 Å². The number of alkyl halides is 2. The third-order valence-electron chi connectivity index (χ3n) is 8.16. The molecule has 2 saturated heterocycles. The van der Waals surface area contributed by atoms with Gasteiger partial charge in [0.15, 0.2) is 0 Å².